The highest BCUT2D eigenvalue weighted by atomic mass is 16.1. The van der Waals surface area contributed by atoms with Gasteiger partial charge in [-0.25, -0.2) is 0 Å². The number of aromatic nitrogens is 1. The number of carbonyl (C=O) groups excluding carboxylic acids is 1. The maximum Gasteiger partial charge on any atom is 0.152 e. The van der Waals surface area contributed by atoms with Crippen molar-refractivity contribution in [2.45, 2.75) is 62.4 Å². The lowest BCUT2D eigenvalue weighted by atomic mass is 9.68. The number of Topliss-reactive ketones (excluding diaryl/α,β-unsaturated/α-hetero) is 1. The van der Waals surface area contributed by atoms with Crippen LogP contribution in [0.1, 0.15) is 61.8 Å². The molecule has 1 saturated heterocycles. The van der Waals surface area contributed by atoms with Crippen molar-refractivity contribution in [1.82, 2.24) is 19.7 Å². The number of benzene rings is 1. The van der Waals surface area contributed by atoms with E-state index in [1.54, 1.807) is 18.3 Å². The molecule has 6 heteroatoms. The summed E-state index contributed by atoms with van der Waals surface area (Å²) in [5.41, 5.74) is 2.74. The van der Waals surface area contributed by atoms with E-state index in [4.69, 9.17) is 0 Å². The molecular formula is C30H39N5O. The molecule has 2 heterocycles. The van der Waals surface area contributed by atoms with Gasteiger partial charge in [0.15, 0.2) is 5.78 Å². The first-order chi connectivity index (χ1) is 17.4. The van der Waals surface area contributed by atoms with Gasteiger partial charge in [-0.3, -0.25) is 24.5 Å². The van der Waals surface area contributed by atoms with Crippen molar-refractivity contribution in [3.63, 3.8) is 0 Å². The van der Waals surface area contributed by atoms with Crippen LogP contribution in [0.25, 0.3) is 0 Å². The number of nitriles is 1. The fraction of sp³-hybridized carbons (Fsp3) is 0.567. The third-order valence-electron chi connectivity index (χ3n) is 9.21. The maximum atomic E-state index is 13.1. The smallest absolute Gasteiger partial charge is 0.152 e. The van der Waals surface area contributed by atoms with Gasteiger partial charge in [0.05, 0.1) is 30.9 Å². The quantitative estimate of drug-likeness (QED) is 0.558. The molecule has 190 valence electrons. The highest BCUT2D eigenvalue weighted by molar-refractivity contribution is 5.83. The molecule has 2 aliphatic carbocycles. The normalized spacial score (nSPS) is 27.3. The molecule has 3 aliphatic rings. The molecule has 0 radical (unpaired) electrons. The standard InChI is InChI=1S/C30H39N5O/c1-33(2)30(26-11-4-3-5-12-26)15-13-29(14-16-30)22-34(23-35(29)20-24-8-6-9-24)21-27(36)18-28-25(19-31)10-7-17-32-28/h3-5,7,10-12,17,24H,6,8-9,13-16,18,20-23H2,1-2H3. The lowest BCUT2D eigenvalue weighted by molar-refractivity contribution is -0.119. The number of carbonyl (C=O) groups is 1. The molecule has 2 aromatic rings. The number of rotatable bonds is 8. The molecule has 6 nitrogen and oxygen atoms in total. The summed E-state index contributed by atoms with van der Waals surface area (Å²) in [7, 11) is 4.45. The molecule has 0 amide bonds. The third kappa shape index (κ3) is 4.85. The predicted octanol–water partition coefficient (Wildman–Crippen LogP) is 4.21. The molecule has 2 saturated carbocycles. The van der Waals surface area contributed by atoms with E-state index in [0.717, 1.165) is 51.4 Å². The summed E-state index contributed by atoms with van der Waals surface area (Å²) < 4.78 is 0. The van der Waals surface area contributed by atoms with Gasteiger partial charge >= 0.3 is 0 Å². The Labute approximate surface area is 215 Å². The van der Waals surface area contributed by atoms with Crippen LogP contribution in [0.5, 0.6) is 0 Å². The average molecular weight is 486 g/mol. The fourth-order valence-corrected chi connectivity index (χ4v) is 6.82. The SMILES string of the molecule is CN(C)C1(c2ccccc2)CCC2(CC1)CN(CC(=O)Cc1ncccc1C#N)CN2CC1CCC1. The van der Waals surface area contributed by atoms with Crippen LogP contribution in [-0.4, -0.2) is 71.4 Å². The highest BCUT2D eigenvalue weighted by Crippen LogP contribution is 2.49. The number of pyridine rings is 1. The lowest BCUT2D eigenvalue weighted by Crippen LogP contribution is -2.56. The van der Waals surface area contributed by atoms with Crippen molar-refractivity contribution in [2.24, 2.45) is 5.92 Å². The molecule has 1 aromatic heterocycles. The molecule has 5 rings (SSSR count). The molecule has 1 aliphatic heterocycles. The molecule has 1 spiro atoms. The zero-order chi connectivity index (χ0) is 25.2. The third-order valence-corrected chi connectivity index (χ3v) is 9.21. The van der Waals surface area contributed by atoms with E-state index >= 15 is 0 Å². The van der Waals surface area contributed by atoms with Crippen LogP contribution in [-0.2, 0) is 16.8 Å². The van der Waals surface area contributed by atoms with Crippen molar-refractivity contribution in [3.8, 4) is 6.07 Å². The van der Waals surface area contributed by atoms with E-state index < -0.39 is 0 Å². The minimum atomic E-state index is 0.0740. The van der Waals surface area contributed by atoms with Gasteiger partial charge in [-0.1, -0.05) is 36.8 Å². The van der Waals surface area contributed by atoms with Crippen molar-refractivity contribution in [2.75, 3.05) is 40.4 Å². The Kier molecular flexibility index (Phi) is 7.25. The molecule has 0 bridgehead atoms. The van der Waals surface area contributed by atoms with E-state index in [2.05, 4.69) is 70.2 Å². The topological polar surface area (TPSA) is 63.5 Å². The van der Waals surface area contributed by atoms with Crippen molar-refractivity contribution in [3.05, 3.63) is 65.5 Å². The van der Waals surface area contributed by atoms with Crippen LogP contribution in [0, 0.1) is 17.2 Å². The van der Waals surface area contributed by atoms with E-state index in [1.165, 1.54) is 24.8 Å². The second-order valence-corrected chi connectivity index (χ2v) is 11.5. The number of nitrogens with zero attached hydrogens (tertiary/aromatic N) is 5. The summed E-state index contributed by atoms with van der Waals surface area (Å²) in [6.45, 7) is 3.42. The van der Waals surface area contributed by atoms with Gasteiger partial charge in [-0.05, 0) is 76.2 Å². The molecule has 0 N–H and O–H groups in total. The predicted molar refractivity (Wildman–Crippen MR) is 141 cm³/mol. The maximum absolute atomic E-state index is 13.1. The van der Waals surface area contributed by atoms with Crippen LogP contribution in [0.2, 0.25) is 0 Å². The zero-order valence-corrected chi connectivity index (χ0v) is 21.8. The van der Waals surface area contributed by atoms with E-state index in [0.29, 0.717) is 17.8 Å². The molecule has 36 heavy (non-hydrogen) atoms. The first kappa shape index (κ1) is 25.1. The Morgan fingerprint density at radius 1 is 1.11 bits per heavy atom. The second kappa shape index (κ2) is 10.4. The van der Waals surface area contributed by atoms with Gasteiger partial charge in [0.1, 0.15) is 6.07 Å². The summed E-state index contributed by atoms with van der Waals surface area (Å²) in [6.07, 6.45) is 10.5. The number of ketones is 1. The Balaban J connectivity index is 1.30. The van der Waals surface area contributed by atoms with E-state index in [9.17, 15) is 10.1 Å². The first-order valence-corrected chi connectivity index (χ1v) is 13.5. The Bertz CT molecular complexity index is 1100. The lowest BCUT2D eigenvalue weighted by Gasteiger charge is -2.52. The summed E-state index contributed by atoms with van der Waals surface area (Å²) in [5, 5.41) is 9.37. The van der Waals surface area contributed by atoms with Gasteiger partial charge in [0.25, 0.3) is 0 Å². The van der Waals surface area contributed by atoms with Gasteiger partial charge in [0.2, 0.25) is 0 Å². The highest BCUT2D eigenvalue weighted by Gasteiger charge is 2.51. The number of hydrogen-bond donors (Lipinski definition) is 0. The van der Waals surface area contributed by atoms with Gasteiger partial charge in [-0.15, -0.1) is 0 Å². The van der Waals surface area contributed by atoms with Crippen molar-refractivity contribution in [1.29, 1.82) is 5.26 Å². The van der Waals surface area contributed by atoms with Crippen LogP contribution in [0.15, 0.2) is 48.7 Å². The van der Waals surface area contributed by atoms with Crippen LogP contribution in [0.3, 0.4) is 0 Å². The Morgan fingerprint density at radius 2 is 1.86 bits per heavy atom. The Hall–Kier alpha value is -2.59. The number of hydrogen-bond acceptors (Lipinski definition) is 6. The molecule has 1 aromatic carbocycles. The summed E-state index contributed by atoms with van der Waals surface area (Å²) >= 11 is 0. The first-order valence-electron chi connectivity index (χ1n) is 13.5. The van der Waals surface area contributed by atoms with Crippen molar-refractivity contribution < 1.29 is 4.79 Å². The minimum absolute atomic E-state index is 0.0740. The summed E-state index contributed by atoms with van der Waals surface area (Å²) in [4.78, 5) is 24.9. The molecular weight excluding hydrogens is 446 g/mol. The van der Waals surface area contributed by atoms with Gasteiger partial charge in [0, 0.05) is 30.4 Å². The van der Waals surface area contributed by atoms with Gasteiger partial charge in [-0.2, -0.15) is 5.26 Å². The fourth-order valence-electron chi connectivity index (χ4n) is 6.82. The summed E-state index contributed by atoms with van der Waals surface area (Å²) in [5.74, 6) is 0.951. The van der Waals surface area contributed by atoms with Gasteiger partial charge < -0.3 is 0 Å². The second-order valence-electron chi connectivity index (χ2n) is 11.5. The Morgan fingerprint density at radius 3 is 2.50 bits per heavy atom. The van der Waals surface area contributed by atoms with Crippen LogP contribution < -0.4 is 0 Å². The monoisotopic (exact) mass is 485 g/mol. The van der Waals surface area contributed by atoms with Crippen molar-refractivity contribution >= 4 is 5.78 Å². The average Bonchev–Trinajstić information content (AvgIpc) is 3.18. The molecule has 0 unspecified atom stereocenters. The van der Waals surface area contributed by atoms with Crippen LogP contribution in [0.4, 0.5) is 0 Å². The zero-order valence-electron chi connectivity index (χ0n) is 21.8. The molecule has 0 atom stereocenters. The van der Waals surface area contributed by atoms with E-state index in [1.807, 2.05) is 0 Å². The van der Waals surface area contributed by atoms with Crippen LogP contribution >= 0.6 is 0 Å². The minimum Gasteiger partial charge on any atom is -0.300 e. The van der Waals surface area contributed by atoms with E-state index in [-0.39, 0.29) is 23.3 Å². The molecule has 3 fully saturated rings. The summed E-state index contributed by atoms with van der Waals surface area (Å²) in [6, 6.07) is 16.7. The largest absolute Gasteiger partial charge is 0.300 e.